The van der Waals surface area contributed by atoms with Crippen molar-refractivity contribution in [3.63, 3.8) is 0 Å². The van der Waals surface area contributed by atoms with Crippen LogP contribution in [0.25, 0.3) is 0 Å². The third kappa shape index (κ3) is 5.13. The SMILES string of the molecule is COc1ccc(CN2CCN(Cc3ccc(F)c(F)c3)C[C@H]2CCO)c(C)c1C. The van der Waals surface area contributed by atoms with E-state index in [-0.39, 0.29) is 12.6 Å². The van der Waals surface area contributed by atoms with Gasteiger partial charge in [0, 0.05) is 45.4 Å². The van der Waals surface area contributed by atoms with Crippen LogP contribution in [-0.4, -0.2) is 54.3 Å². The van der Waals surface area contributed by atoms with Crippen LogP contribution in [0.15, 0.2) is 30.3 Å². The lowest BCUT2D eigenvalue weighted by atomic mass is 10.00. The molecule has 0 unspecified atom stereocenters. The summed E-state index contributed by atoms with van der Waals surface area (Å²) in [7, 11) is 1.69. The number of hydrogen-bond donors (Lipinski definition) is 1. The fraction of sp³-hybridized carbons (Fsp3) is 0.478. The third-order valence-electron chi connectivity index (χ3n) is 5.98. The van der Waals surface area contributed by atoms with E-state index >= 15 is 0 Å². The molecule has 29 heavy (non-hydrogen) atoms. The summed E-state index contributed by atoms with van der Waals surface area (Å²) >= 11 is 0. The Hall–Kier alpha value is -2.02. The molecule has 0 amide bonds. The minimum Gasteiger partial charge on any atom is -0.496 e. The smallest absolute Gasteiger partial charge is 0.159 e. The first-order chi connectivity index (χ1) is 13.9. The fourth-order valence-electron chi connectivity index (χ4n) is 4.09. The number of rotatable bonds is 7. The molecule has 158 valence electrons. The first-order valence-corrected chi connectivity index (χ1v) is 10.1. The molecule has 0 aromatic heterocycles. The maximum absolute atomic E-state index is 13.5. The van der Waals surface area contributed by atoms with Crippen molar-refractivity contribution in [2.45, 2.75) is 39.4 Å². The number of benzene rings is 2. The molecule has 0 saturated carbocycles. The van der Waals surface area contributed by atoms with Crippen molar-refractivity contribution in [1.29, 1.82) is 0 Å². The lowest BCUT2D eigenvalue weighted by Crippen LogP contribution is -2.52. The second-order valence-corrected chi connectivity index (χ2v) is 7.80. The van der Waals surface area contributed by atoms with Crippen LogP contribution in [0.4, 0.5) is 8.78 Å². The Morgan fingerprint density at radius 3 is 2.52 bits per heavy atom. The van der Waals surface area contributed by atoms with Crippen LogP contribution in [0.5, 0.6) is 5.75 Å². The van der Waals surface area contributed by atoms with Gasteiger partial charge in [-0.25, -0.2) is 8.78 Å². The van der Waals surface area contributed by atoms with E-state index in [0.29, 0.717) is 13.0 Å². The second-order valence-electron chi connectivity index (χ2n) is 7.80. The second kappa shape index (κ2) is 9.65. The molecule has 1 aliphatic rings. The molecular formula is C23H30F2N2O2. The molecule has 1 fully saturated rings. The average molecular weight is 405 g/mol. The van der Waals surface area contributed by atoms with Crippen LogP contribution in [0, 0.1) is 25.5 Å². The van der Waals surface area contributed by atoms with Gasteiger partial charge in [0.15, 0.2) is 11.6 Å². The topological polar surface area (TPSA) is 35.9 Å². The van der Waals surface area contributed by atoms with E-state index in [0.717, 1.165) is 43.1 Å². The molecule has 2 aromatic carbocycles. The summed E-state index contributed by atoms with van der Waals surface area (Å²) in [6.45, 7) is 8.20. The molecule has 2 aromatic rings. The van der Waals surface area contributed by atoms with Crippen molar-refractivity contribution >= 4 is 0 Å². The molecule has 1 atom stereocenters. The maximum Gasteiger partial charge on any atom is 0.159 e. The molecule has 1 aliphatic heterocycles. The zero-order valence-electron chi connectivity index (χ0n) is 17.4. The van der Waals surface area contributed by atoms with E-state index in [1.807, 2.05) is 6.07 Å². The van der Waals surface area contributed by atoms with Gasteiger partial charge in [-0.15, -0.1) is 0 Å². The highest BCUT2D eigenvalue weighted by Gasteiger charge is 2.27. The van der Waals surface area contributed by atoms with E-state index < -0.39 is 11.6 Å². The minimum absolute atomic E-state index is 0.126. The zero-order valence-corrected chi connectivity index (χ0v) is 17.4. The van der Waals surface area contributed by atoms with E-state index in [9.17, 15) is 13.9 Å². The molecule has 0 aliphatic carbocycles. The first kappa shape index (κ1) is 21.7. The number of nitrogens with zero attached hydrogens (tertiary/aromatic N) is 2. The standard InChI is InChI=1S/C23H30F2N2O2/c1-16-17(2)23(29-3)7-5-19(16)14-27-10-9-26(15-20(27)8-11-28)13-18-4-6-21(24)22(25)12-18/h4-7,12,20,28H,8-11,13-15H2,1-3H3/t20-/m1/s1. The summed E-state index contributed by atoms with van der Waals surface area (Å²) in [5, 5.41) is 9.56. The number of piperazine rings is 1. The van der Waals surface area contributed by atoms with Crippen LogP contribution in [-0.2, 0) is 13.1 Å². The van der Waals surface area contributed by atoms with Gasteiger partial charge in [-0.1, -0.05) is 12.1 Å². The monoisotopic (exact) mass is 404 g/mol. The zero-order chi connectivity index (χ0) is 21.0. The van der Waals surface area contributed by atoms with Crippen molar-refractivity contribution in [2.75, 3.05) is 33.4 Å². The predicted molar refractivity (Wildman–Crippen MR) is 110 cm³/mol. The van der Waals surface area contributed by atoms with Gasteiger partial charge in [0.2, 0.25) is 0 Å². The summed E-state index contributed by atoms with van der Waals surface area (Å²) in [6, 6.07) is 8.42. The summed E-state index contributed by atoms with van der Waals surface area (Å²) in [6.07, 6.45) is 0.683. The van der Waals surface area contributed by atoms with Gasteiger partial charge in [0.05, 0.1) is 7.11 Å². The first-order valence-electron chi connectivity index (χ1n) is 10.1. The van der Waals surface area contributed by atoms with Crippen LogP contribution >= 0.6 is 0 Å². The maximum atomic E-state index is 13.5. The molecule has 1 saturated heterocycles. The number of hydrogen-bond acceptors (Lipinski definition) is 4. The molecule has 0 radical (unpaired) electrons. The van der Waals surface area contributed by atoms with Gasteiger partial charge >= 0.3 is 0 Å². The molecule has 0 spiro atoms. The lowest BCUT2D eigenvalue weighted by molar-refractivity contribution is 0.0498. The fourth-order valence-corrected chi connectivity index (χ4v) is 4.09. The number of methoxy groups -OCH3 is 1. The number of aliphatic hydroxyl groups excluding tert-OH is 1. The average Bonchev–Trinajstić information content (AvgIpc) is 2.70. The summed E-state index contributed by atoms with van der Waals surface area (Å²) < 4.78 is 32.1. The Balaban J connectivity index is 1.69. The van der Waals surface area contributed by atoms with Gasteiger partial charge in [-0.2, -0.15) is 0 Å². The Bertz CT molecular complexity index is 844. The molecule has 1 heterocycles. The number of ether oxygens (including phenoxy) is 1. The minimum atomic E-state index is -0.818. The predicted octanol–water partition coefficient (Wildman–Crippen LogP) is 3.66. The van der Waals surface area contributed by atoms with E-state index in [1.54, 1.807) is 13.2 Å². The molecule has 3 rings (SSSR count). The van der Waals surface area contributed by atoms with E-state index in [1.165, 1.54) is 23.3 Å². The van der Waals surface area contributed by atoms with Crippen molar-refractivity contribution in [3.05, 3.63) is 64.2 Å². The Morgan fingerprint density at radius 1 is 1.03 bits per heavy atom. The molecule has 6 heteroatoms. The highest BCUT2D eigenvalue weighted by molar-refractivity contribution is 5.43. The van der Waals surface area contributed by atoms with Gasteiger partial charge < -0.3 is 9.84 Å². The van der Waals surface area contributed by atoms with Gasteiger partial charge in [-0.05, 0) is 60.7 Å². The largest absolute Gasteiger partial charge is 0.496 e. The van der Waals surface area contributed by atoms with E-state index in [4.69, 9.17) is 4.74 Å². The van der Waals surface area contributed by atoms with Crippen molar-refractivity contribution in [1.82, 2.24) is 9.80 Å². The van der Waals surface area contributed by atoms with Crippen molar-refractivity contribution in [2.24, 2.45) is 0 Å². The Labute approximate surface area is 171 Å². The molecule has 4 nitrogen and oxygen atoms in total. The summed E-state index contributed by atoms with van der Waals surface area (Å²) in [4.78, 5) is 4.65. The highest BCUT2D eigenvalue weighted by atomic mass is 19.2. The summed E-state index contributed by atoms with van der Waals surface area (Å²) in [5.41, 5.74) is 4.42. The normalized spacial score (nSPS) is 18.2. The van der Waals surface area contributed by atoms with Gasteiger partial charge in [-0.3, -0.25) is 9.80 Å². The van der Waals surface area contributed by atoms with Gasteiger partial charge in [0.1, 0.15) is 5.75 Å². The van der Waals surface area contributed by atoms with Crippen LogP contribution < -0.4 is 4.74 Å². The number of aliphatic hydroxyl groups is 1. The quantitative estimate of drug-likeness (QED) is 0.764. The molecule has 0 bridgehead atoms. The highest BCUT2D eigenvalue weighted by Crippen LogP contribution is 2.26. The summed E-state index contributed by atoms with van der Waals surface area (Å²) in [5.74, 6) is -0.727. The van der Waals surface area contributed by atoms with Crippen LogP contribution in [0.3, 0.4) is 0 Å². The van der Waals surface area contributed by atoms with Crippen molar-refractivity contribution < 1.29 is 18.6 Å². The lowest BCUT2D eigenvalue weighted by Gasteiger charge is -2.41. The van der Waals surface area contributed by atoms with Crippen LogP contribution in [0.2, 0.25) is 0 Å². The third-order valence-corrected chi connectivity index (χ3v) is 5.98. The Kier molecular flexibility index (Phi) is 7.22. The Morgan fingerprint density at radius 2 is 1.83 bits per heavy atom. The molecular weight excluding hydrogens is 374 g/mol. The van der Waals surface area contributed by atoms with Crippen LogP contribution in [0.1, 0.15) is 28.7 Å². The number of halogens is 2. The van der Waals surface area contributed by atoms with Gasteiger partial charge in [0.25, 0.3) is 0 Å². The van der Waals surface area contributed by atoms with Crippen molar-refractivity contribution in [3.8, 4) is 5.75 Å². The van der Waals surface area contributed by atoms with E-state index in [2.05, 4.69) is 29.7 Å². The molecule has 1 N–H and O–H groups in total.